The van der Waals surface area contributed by atoms with Crippen LogP contribution in [0.1, 0.15) is 31.2 Å². The van der Waals surface area contributed by atoms with Crippen LogP contribution in [0.4, 0.5) is 0 Å². The van der Waals surface area contributed by atoms with Gasteiger partial charge in [-0.1, -0.05) is 23.7 Å². The van der Waals surface area contributed by atoms with Crippen LogP contribution in [0.25, 0.3) is 0 Å². The summed E-state index contributed by atoms with van der Waals surface area (Å²) in [7, 11) is 0. The van der Waals surface area contributed by atoms with Crippen LogP contribution in [0.3, 0.4) is 0 Å². The average Bonchev–Trinajstić information content (AvgIpc) is 3.14. The molecule has 1 saturated heterocycles. The second-order valence-corrected chi connectivity index (χ2v) is 9.17. The van der Waals surface area contributed by atoms with E-state index in [-0.39, 0.29) is 11.8 Å². The number of hydrogen-bond acceptors (Lipinski definition) is 4. The van der Waals surface area contributed by atoms with Gasteiger partial charge in [-0.2, -0.15) is 0 Å². The minimum Gasteiger partial charge on any atom is -0.269 e. The molecule has 0 N–H and O–H groups in total. The molecule has 2 heterocycles. The van der Waals surface area contributed by atoms with E-state index in [2.05, 4.69) is 0 Å². The van der Waals surface area contributed by atoms with Gasteiger partial charge >= 0.3 is 0 Å². The molecule has 1 aromatic rings. The number of thioether (sulfide) groups is 2. The highest BCUT2D eigenvalue weighted by Crippen LogP contribution is 2.56. The SMILES string of the molecule is O=C1C2=C(CCCC2)C(=O)N1C1(c2ccc(Cl)cc2)SCCS1. The Bertz CT molecular complexity index is 680. The van der Waals surface area contributed by atoms with Crippen LogP contribution in [0.15, 0.2) is 35.4 Å². The van der Waals surface area contributed by atoms with E-state index in [0.717, 1.165) is 53.9 Å². The molecule has 0 aromatic heterocycles. The van der Waals surface area contributed by atoms with Crippen molar-refractivity contribution in [1.29, 1.82) is 0 Å². The van der Waals surface area contributed by atoms with E-state index in [0.29, 0.717) is 5.02 Å². The molecule has 0 atom stereocenters. The Balaban J connectivity index is 1.78. The molecule has 1 aromatic carbocycles. The van der Waals surface area contributed by atoms with Gasteiger partial charge in [0, 0.05) is 27.7 Å². The normalized spacial score (nSPS) is 23.6. The number of carbonyl (C=O) groups excluding carboxylic acids is 2. The molecular weight excluding hydrogens is 350 g/mol. The van der Waals surface area contributed by atoms with E-state index in [1.807, 2.05) is 24.3 Å². The zero-order valence-corrected chi connectivity index (χ0v) is 14.9. The monoisotopic (exact) mass is 365 g/mol. The first-order valence-electron chi connectivity index (χ1n) is 7.78. The summed E-state index contributed by atoms with van der Waals surface area (Å²) in [4.78, 5) is 27.5. The van der Waals surface area contributed by atoms with Crippen LogP contribution < -0.4 is 0 Å². The third kappa shape index (κ3) is 2.36. The smallest absolute Gasteiger partial charge is 0.259 e. The molecule has 4 rings (SSSR count). The van der Waals surface area contributed by atoms with E-state index in [4.69, 9.17) is 11.6 Å². The molecule has 0 radical (unpaired) electrons. The highest BCUT2D eigenvalue weighted by Gasteiger charge is 2.53. The van der Waals surface area contributed by atoms with Crippen molar-refractivity contribution in [3.63, 3.8) is 0 Å². The van der Waals surface area contributed by atoms with Crippen LogP contribution in [-0.4, -0.2) is 28.2 Å². The van der Waals surface area contributed by atoms with Gasteiger partial charge in [0.1, 0.15) is 0 Å². The predicted octanol–water partition coefficient (Wildman–Crippen LogP) is 4.17. The van der Waals surface area contributed by atoms with E-state index in [1.165, 1.54) is 4.90 Å². The maximum absolute atomic E-state index is 13.0. The third-order valence-corrected chi connectivity index (χ3v) is 8.23. The molecular formula is C17H16ClNO2S2. The Morgan fingerprint density at radius 1 is 0.913 bits per heavy atom. The summed E-state index contributed by atoms with van der Waals surface area (Å²) >= 11 is 9.36. The fourth-order valence-electron chi connectivity index (χ4n) is 3.49. The molecule has 0 unspecified atom stereocenters. The number of halogens is 1. The van der Waals surface area contributed by atoms with Crippen LogP contribution >= 0.6 is 35.1 Å². The zero-order chi connectivity index (χ0) is 16.0. The number of rotatable bonds is 2. The summed E-state index contributed by atoms with van der Waals surface area (Å²) in [6.45, 7) is 0. The highest BCUT2D eigenvalue weighted by atomic mass is 35.5. The largest absolute Gasteiger partial charge is 0.269 e. The molecule has 1 aliphatic carbocycles. The molecule has 0 bridgehead atoms. The molecule has 1 fully saturated rings. The molecule has 0 spiro atoms. The standard InChI is InChI=1S/C17H16ClNO2S2/c18-12-7-5-11(6-8-12)17(22-9-10-23-17)19-15(20)13-3-1-2-4-14(13)16(19)21/h5-8H,1-4,9-10H2. The van der Waals surface area contributed by atoms with Crippen molar-refractivity contribution in [3.05, 3.63) is 46.0 Å². The summed E-state index contributed by atoms with van der Waals surface area (Å²) in [5.41, 5.74) is 2.47. The van der Waals surface area contributed by atoms with Crippen molar-refractivity contribution in [2.45, 2.75) is 29.9 Å². The fourth-order valence-corrected chi connectivity index (χ4v) is 6.87. The van der Waals surface area contributed by atoms with Gasteiger partial charge in [-0.15, -0.1) is 23.5 Å². The molecule has 2 aliphatic heterocycles. The summed E-state index contributed by atoms with van der Waals surface area (Å²) < 4.78 is -0.643. The Labute approximate surface area is 148 Å². The van der Waals surface area contributed by atoms with Crippen molar-refractivity contribution in [2.24, 2.45) is 0 Å². The van der Waals surface area contributed by atoms with Gasteiger partial charge in [0.05, 0.1) is 0 Å². The Kier molecular flexibility index (Phi) is 3.98. The predicted molar refractivity (Wildman–Crippen MR) is 95.4 cm³/mol. The molecule has 0 saturated carbocycles. The lowest BCUT2D eigenvalue weighted by Crippen LogP contribution is -2.45. The molecule has 120 valence electrons. The van der Waals surface area contributed by atoms with Crippen LogP contribution in [0.2, 0.25) is 5.02 Å². The Hall–Kier alpha value is -0.910. The number of carbonyl (C=O) groups is 2. The van der Waals surface area contributed by atoms with E-state index in [1.54, 1.807) is 23.5 Å². The average molecular weight is 366 g/mol. The van der Waals surface area contributed by atoms with Gasteiger partial charge in [0.2, 0.25) is 0 Å². The van der Waals surface area contributed by atoms with Crippen molar-refractivity contribution in [1.82, 2.24) is 4.90 Å². The van der Waals surface area contributed by atoms with Crippen LogP contribution in [0.5, 0.6) is 0 Å². The minimum atomic E-state index is -0.643. The third-order valence-electron chi connectivity index (χ3n) is 4.57. The van der Waals surface area contributed by atoms with Crippen LogP contribution in [-0.2, 0) is 13.8 Å². The van der Waals surface area contributed by atoms with Crippen molar-refractivity contribution < 1.29 is 9.59 Å². The number of benzene rings is 1. The lowest BCUT2D eigenvalue weighted by atomic mass is 9.93. The first kappa shape index (κ1) is 15.6. The number of nitrogens with zero attached hydrogens (tertiary/aromatic N) is 1. The van der Waals surface area contributed by atoms with Gasteiger partial charge in [-0.05, 0) is 43.4 Å². The molecule has 23 heavy (non-hydrogen) atoms. The Morgan fingerprint density at radius 3 is 1.96 bits per heavy atom. The second-order valence-electron chi connectivity index (χ2n) is 5.90. The lowest BCUT2D eigenvalue weighted by Gasteiger charge is -2.36. The number of amides is 2. The number of imide groups is 1. The second kappa shape index (κ2) is 5.87. The van der Waals surface area contributed by atoms with Crippen molar-refractivity contribution in [3.8, 4) is 0 Å². The molecule has 3 aliphatic rings. The van der Waals surface area contributed by atoms with Gasteiger partial charge in [0.15, 0.2) is 4.20 Å². The van der Waals surface area contributed by atoms with E-state index >= 15 is 0 Å². The molecule has 2 amide bonds. The highest BCUT2D eigenvalue weighted by molar-refractivity contribution is 8.20. The summed E-state index contributed by atoms with van der Waals surface area (Å²) in [6.07, 6.45) is 3.48. The van der Waals surface area contributed by atoms with Crippen LogP contribution in [0, 0.1) is 0 Å². The molecule has 6 heteroatoms. The number of hydrogen-bond donors (Lipinski definition) is 0. The van der Waals surface area contributed by atoms with Crippen molar-refractivity contribution >= 4 is 46.9 Å². The van der Waals surface area contributed by atoms with E-state index in [9.17, 15) is 9.59 Å². The van der Waals surface area contributed by atoms with Gasteiger partial charge in [-0.3, -0.25) is 9.59 Å². The molecule has 3 nitrogen and oxygen atoms in total. The van der Waals surface area contributed by atoms with E-state index < -0.39 is 4.20 Å². The van der Waals surface area contributed by atoms with Gasteiger partial charge < -0.3 is 0 Å². The summed E-state index contributed by atoms with van der Waals surface area (Å²) in [5, 5.41) is 0.661. The topological polar surface area (TPSA) is 37.4 Å². The summed E-state index contributed by atoms with van der Waals surface area (Å²) in [5.74, 6) is 1.69. The maximum Gasteiger partial charge on any atom is 0.259 e. The summed E-state index contributed by atoms with van der Waals surface area (Å²) in [6, 6.07) is 7.53. The van der Waals surface area contributed by atoms with Gasteiger partial charge in [0.25, 0.3) is 11.8 Å². The minimum absolute atomic E-state index is 0.0819. The first-order chi connectivity index (χ1) is 11.1. The Morgan fingerprint density at radius 2 is 1.43 bits per heavy atom. The maximum atomic E-state index is 13.0. The fraction of sp³-hybridized carbons (Fsp3) is 0.412. The van der Waals surface area contributed by atoms with Gasteiger partial charge in [-0.25, -0.2) is 4.90 Å². The first-order valence-corrected chi connectivity index (χ1v) is 10.1. The lowest BCUT2D eigenvalue weighted by molar-refractivity contribution is -0.139. The quantitative estimate of drug-likeness (QED) is 0.737. The van der Waals surface area contributed by atoms with Crippen molar-refractivity contribution in [2.75, 3.05) is 11.5 Å². The zero-order valence-electron chi connectivity index (χ0n) is 12.5.